The molecule has 1 aliphatic rings. The van der Waals surface area contributed by atoms with Crippen molar-refractivity contribution in [3.05, 3.63) is 66.1 Å². The normalized spacial score (nSPS) is 15.3. The number of nitrogens with zero attached hydrogens (tertiary/aromatic N) is 2. The third-order valence-corrected chi connectivity index (χ3v) is 6.83. The molecular formula is C28H31N5O3. The highest BCUT2D eigenvalue weighted by molar-refractivity contribution is 6.11. The van der Waals surface area contributed by atoms with Gasteiger partial charge in [0.2, 0.25) is 5.91 Å². The third kappa shape index (κ3) is 4.71. The standard InChI is InChI=1S/C28H31N5O3/c1-18(34)32-25-23-14-21(29-15-19-8-4-3-5-9-19)17-31-27(23)33(26(25)28(35)36-2)13-12-20-16-30-24-11-7-6-10-22(20)24/h3-4,6-7,10-11,14,16-17,19,29-30H,5,8-9,12-13,15H2,1-2H3,(H,32,34)/t19-/m1/s1. The minimum atomic E-state index is -0.515. The number of para-hydroxylation sites is 1. The molecule has 5 rings (SSSR count). The highest BCUT2D eigenvalue weighted by atomic mass is 16.5. The van der Waals surface area contributed by atoms with Crippen LogP contribution in [-0.2, 0) is 22.5 Å². The number of anilines is 2. The molecule has 3 N–H and O–H groups in total. The van der Waals surface area contributed by atoms with Crippen LogP contribution in [0.2, 0.25) is 0 Å². The van der Waals surface area contributed by atoms with Crippen LogP contribution < -0.4 is 10.6 Å². The Morgan fingerprint density at radius 1 is 1.22 bits per heavy atom. The number of H-pyrrole nitrogens is 1. The van der Waals surface area contributed by atoms with Crippen LogP contribution in [-0.4, -0.2) is 40.1 Å². The van der Waals surface area contributed by atoms with E-state index in [2.05, 4.69) is 33.8 Å². The van der Waals surface area contributed by atoms with Crippen molar-refractivity contribution < 1.29 is 14.3 Å². The number of aromatic amines is 1. The van der Waals surface area contributed by atoms with Gasteiger partial charge in [-0.2, -0.15) is 0 Å². The third-order valence-electron chi connectivity index (χ3n) is 6.83. The molecule has 8 heteroatoms. The number of hydrogen-bond acceptors (Lipinski definition) is 5. The quantitative estimate of drug-likeness (QED) is 0.233. The van der Waals surface area contributed by atoms with Gasteiger partial charge in [-0.1, -0.05) is 30.4 Å². The summed E-state index contributed by atoms with van der Waals surface area (Å²) in [6.45, 7) is 2.77. The molecular weight excluding hydrogens is 454 g/mol. The first-order valence-corrected chi connectivity index (χ1v) is 12.4. The number of allylic oxidation sites excluding steroid dienone is 2. The van der Waals surface area contributed by atoms with Crippen molar-refractivity contribution in [1.29, 1.82) is 0 Å². The monoisotopic (exact) mass is 485 g/mol. The number of carbonyl (C=O) groups is 2. The molecule has 3 aromatic heterocycles. The Morgan fingerprint density at radius 3 is 2.86 bits per heavy atom. The van der Waals surface area contributed by atoms with Gasteiger partial charge in [0, 0.05) is 42.5 Å². The van der Waals surface area contributed by atoms with E-state index in [1.54, 1.807) is 6.20 Å². The summed E-state index contributed by atoms with van der Waals surface area (Å²) in [5.74, 6) is -0.200. The lowest BCUT2D eigenvalue weighted by Gasteiger charge is -2.18. The van der Waals surface area contributed by atoms with Gasteiger partial charge in [0.25, 0.3) is 0 Å². The molecule has 1 atom stereocenters. The van der Waals surface area contributed by atoms with E-state index in [1.165, 1.54) is 14.0 Å². The predicted molar refractivity (Wildman–Crippen MR) is 142 cm³/mol. The van der Waals surface area contributed by atoms with E-state index in [4.69, 9.17) is 9.72 Å². The van der Waals surface area contributed by atoms with Crippen molar-refractivity contribution in [2.75, 3.05) is 24.3 Å². The van der Waals surface area contributed by atoms with E-state index in [0.717, 1.165) is 48.0 Å². The minimum Gasteiger partial charge on any atom is -0.464 e. The Bertz CT molecular complexity index is 1450. The first-order chi connectivity index (χ1) is 17.5. The Kier molecular flexibility index (Phi) is 6.75. The molecule has 3 heterocycles. The Morgan fingerprint density at radius 2 is 2.08 bits per heavy atom. The van der Waals surface area contributed by atoms with Crippen molar-refractivity contribution in [3.8, 4) is 0 Å². The number of ether oxygens (including phenoxy) is 1. The second-order valence-corrected chi connectivity index (χ2v) is 9.28. The molecule has 0 fully saturated rings. The molecule has 0 aliphatic heterocycles. The lowest BCUT2D eigenvalue weighted by Crippen LogP contribution is -2.16. The van der Waals surface area contributed by atoms with Crippen molar-refractivity contribution in [1.82, 2.24) is 14.5 Å². The van der Waals surface area contributed by atoms with Gasteiger partial charge in [-0.05, 0) is 49.3 Å². The molecule has 0 unspecified atom stereocenters. The Labute approximate surface area is 209 Å². The summed E-state index contributed by atoms with van der Waals surface area (Å²) in [6, 6.07) is 10.1. The maximum Gasteiger partial charge on any atom is 0.356 e. The van der Waals surface area contributed by atoms with Crippen LogP contribution in [0.15, 0.2) is 54.9 Å². The zero-order chi connectivity index (χ0) is 25.1. The van der Waals surface area contributed by atoms with Crippen LogP contribution in [0.5, 0.6) is 0 Å². The summed E-state index contributed by atoms with van der Waals surface area (Å²) < 4.78 is 6.98. The van der Waals surface area contributed by atoms with Gasteiger partial charge < -0.3 is 24.9 Å². The Hall–Kier alpha value is -4.07. The number of benzene rings is 1. The van der Waals surface area contributed by atoms with Gasteiger partial charge >= 0.3 is 5.97 Å². The van der Waals surface area contributed by atoms with Crippen LogP contribution in [0.3, 0.4) is 0 Å². The first-order valence-electron chi connectivity index (χ1n) is 12.4. The van der Waals surface area contributed by atoms with Crippen LogP contribution in [0.1, 0.15) is 42.2 Å². The summed E-state index contributed by atoms with van der Waals surface area (Å²) in [5.41, 5.74) is 4.42. The van der Waals surface area contributed by atoms with Crippen LogP contribution >= 0.6 is 0 Å². The van der Waals surface area contributed by atoms with Crippen LogP contribution in [0, 0.1) is 5.92 Å². The molecule has 0 saturated heterocycles. The molecule has 186 valence electrons. The average Bonchev–Trinajstić information content (AvgIpc) is 3.44. The van der Waals surface area contributed by atoms with E-state index in [0.29, 0.717) is 41.3 Å². The molecule has 4 aromatic rings. The predicted octanol–water partition coefficient (Wildman–Crippen LogP) is 5.27. The zero-order valence-electron chi connectivity index (χ0n) is 20.6. The van der Waals surface area contributed by atoms with Gasteiger partial charge in [-0.25, -0.2) is 9.78 Å². The molecule has 0 saturated carbocycles. The molecule has 36 heavy (non-hydrogen) atoms. The van der Waals surface area contributed by atoms with E-state index < -0.39 is 5.97 Å². The van der Waals surface area contributed by atoms with Gasteiger partial charge in [-0.3, -0.25) is 4.79 Å². The number of aryl methyl sites for hydroxylation is 2. The first kappa shape index (κ1) is 23.7. The van der Waals surface area contributed by atoms with E-state index in [9.17, 15) is 9.59 Å². The number of aromatic nitrogens is 3. The van der Waals surface area contributed by atoms with Gasteiger partial charge in [0.1, 0.15) is 5.65 Å². The van der Waals surface area contributed by atoms with Crippen LogP contribution in [0.25, 0.3) is 21.9 Å². The maximum atomic E-state index is 12.9. The number of nitrogens with one attached hydrogen (secondary N) is 3. The summed E-state index contributed by atoms with van der Waals surface area (Å²) in [4.78, 5) is 33.1. The number of rotatable bonds is 8. The lowest BCUT2D eigenvalue weighted by atomic mass is 9.94. The molecule has 0 radical (unpaired) electrons. The van der Waals surface area contributed by atoms with Crippen molar-refractivity contribution in [3.63, 3.8) is 0 Å². The summed E-state index contributed by atoms with van der Waals surface area (Å²) in [6.07, 6.45) is 12.3. The van der Waals surface area contributed by atoms with Gasteiger partial charge in [-0.15, -0.1) is 0 Å². The number of hydrogen-bond donors (Lipinski definition) is 3. The van der Waals surface area contributed by atoms with Gasteiger partial charge in [0.15, 0.2) is 5.69 Å². The number of pyridine rings is 1. The number of methoxy groups -OCH3 is 1. The highest BCUT2D eigenvalue weighted by Gasteiger charge is 2.26. The summed E-state index contributed by atoms with van der Waals surface area (Å²) in [5, 5.41) is 8.21. The summed E-state index contributed by atoms with van der Waals surface area (Å²) in [7, 11) is 1.35. The fraction of sp³-hybridized carbons (Fsp3) is 0.321. The molecule has 0 bridgehead atoms. The van der Waals surface area contributed by atoms with Crippen LogP contribution in [0.4, 0.5) is 11.4 Å². The number of fused-ring (bicyclic) bond motifs is 2. The van der Waals surface area contributed by atoms with E-state index >= 15 is 0 Å². The van der Waals surface area contributed by atoms with E-state index in [-0.39, 0.29) is 5.91 Å². The Balaban J connectivity index is 1.52. The SMILES string of the molecule is COC(=O)c1c(NC(C)=O)c2cc(NC[C@@H]3CC=CCC3)cnc2n1CCc1c[nH]c2ccccc12. The fourth-order valence-electron chi connectivity index (χ4n) is 5.03. The molecule has 1 amide bonds. The minimum absolute atomic E-state index is 0.261. The van der Waals surface area contributed by atoms with Crippen molar-refractivity contribution in [2.45, 2.75) is 39.2 Å². The number of amides is 1. The zero-order valence-corrected chi connectivity index (χ0v) is 20.6. The fourth-order valence-corrected chi connectivity index (χ4v) is 5.03. The van der Waals surface area contributed by atoms with Crippen molar-refractivity contribution in [2.24, 2.45) is 5.92 Å². The molecule has 1 aromatic carbocycles. The summed E-state index contributed by atoms with van der Waals surface area (Å²) >= 11 is 0. The number of esters is 1. The molecule has 8 nitrogen and oxygen atoms in total. The van der Waals surface area contributed by atoms with Gasteiger partial charge in [0.05, 0.1) is 24.7 Å². The second-order valence-electron chi connectivity index (χ2n) is 9.28. The topological polar surface area (TPSA) is 101 Å². The smallest absolute Gasteiger partial charge is 0.356 e. The molecule has 0 spiro atoms. The maximum absolute atomic E-state index is 12.9. The highest BCUT2D eigenvalue weighted by Crippen LogP contribution is 2.33. The van der Waals surface area contributed by atoms with E-state index in [1.807, 2.05) is 35.0 Å². The average molecular weight is 486 g/mol. The molecule has 1 aliphatic carbocycles. The number of carbonyl (C=O) groups excluding carboxylic acids is 2. The van der Waals surface area contributed by atoms with Crippen molar-refractivity contribution >= 4 is 45.2 Å². The second kappa shape index (κ2) is 10.3. The largest absolute Gasteiger partial charge is 0.464 e. The lowest BCUT2D eigenvalue weighted by molar-refractivity contribution is -0.114.